The van der Waals surface area contributed by atoms with Crippen LogP contribution in [0.25, 0.3) is 0 Å². The first-order valence-corrected chi connectivity index (χ1v) is 7.23. The van der Waals surface area contributed by atoms with Crippen LogP contribution in [0.2, 0.25) is 0 Å². The number of hydrogen-bond donors (Lipinski definition) is 1. The summed E-state index contributed by atoms with van der Waals surface area (Å²) in [5, 5.41) is 3.49. The molecule has 2 heteroatoms. The number of rotatable bonds is 4. The van der Waals surface area contributed by atoms with E-state index in [4.69, 9.17) is 0 Å². The standard InChI is InChI=1S/C16H26N2/c1-14(15-7-4-3-5-8-15)13-18(2)16-9-6-11-17-12-10-16/h3-5,7-8,14,16-17H,6,9-13H2,1-2H3. The molecule has 0 radical (unpaired) electrons. The fourth-order valence-electron chi connectivity index (χ4n) is 2.91. The molecule has 2 atom stereocenters. The average Bonchev–Trinajstić information content (AvgIpc) is 2.68. The maximum Gasteiger partial charge on any atom is 0.0105 e. The van der Waals surface area contributed by atoms with Gasteiger partial charge in [-0.15, -0.1) is 0 Å². The number of nitrogens with one attached hydrogen (secondary N) is 1. The van der Waals surface area contributed by atoms with Gasteiger partial charge in [-0.3, -0.25) is 0 Å². The highest BCUT2D eigenvalue weighted by Gasteiger charge is 2.18. The maximum atomic E-state index is 3.49. The minimum absolute atomic E-state index is 0.618. The molecule has 1 aliphatic heterocycles. The Balaban J connectivity index is 1.88. The van der Waals surface area contributed by atoms with Gasteiger partial charge in [0, 0.05) is 12.6 Å². The third kappa shape index (κ3) is 3.82. The van der Waals surface area contributed by atoms with Crippen LogP contribution in [0, 0.1) is 0 Å². The van der Waals surface area contributed by atoms with Gasteiger partial charge < -0.3 is 10.2 Å². The molecule has 1 fully saturated rings. The van der Waals surface area contributed by atoms with Gasteiger partial charge in [-0.2, -0.15) is 0 Å². The second-order valence-electron chi connectivity index (χ2n) is 5.59. The summed E-state index contributed by atoms with van der Waals surface area (Å²) in [5.74, 6) is 0.618. The molecule has 2 rings (SSSR count). The SMILES string of the molecule is CC(CN(C)C1CCCNCC1)c1ccccc1. The molecule has 0 saturated carbocycles. The quantitative estimate of drug-likeness (QED) is 0.879. The summed E-state index contributed by atoms with van der Waals surface area (Å²) in [6, 6.07) is 11.6. The summed E-state index contributed by atoms with van der Waals surface area (Å²) in [5.41, 5.74) is 1.45. The molecule has 18 heavy (non-hydrogen) atoms. The number of likely N-dealkylation sites (N-methyl/N-ethyl adjacent to an activating group) is 1. The van der Waals surface area contributed by atoms with Gasteiger partial charge in [0.25, 0.3) is 0 Å². The number of benzene rings is 1. The minimum Gasteiger partial charge on any atom is -0.317 e. The molecule has 100 valence electrons. The second-order valence-corrected chi connectivity index (χ2v) is 5.59. The fraction of sp³-hybridized carbons (Fsp3) is 0.625. The van der Waals surface area contributed by atoms with Crippen LogP contribution in [-0.2, 0) is 0 Å². The molecule has 2 nitrogen and oxygen atoms in total. The second kappa shape index (κ2) is 6.91. The van der Waals surface area contributed by atoms with Crippen molar-refractivity contribution < 1.29 is 0 Å². The van der Waals surface area contributed by atoms with Gasteiger partial charge in [-0.1, -0.05) is 37.3 Å². The van der Waals surface area contributed by atoms with Crippen molar-refractivity contribution in [1.29, 1.82) is 0 Å². The third-order valence-corrected chi connectivity index (χ3v) is 4.10. The predicted octanol–water partition coefficient (Wildman–Crippen LogP) is 2.86. The molecule has 1 aromatic rings. The Morgan fingerprint density at radius 1 is 1.22 bits per heavy atom. The average molecular weight is 246 g/mol. The van der Waals surface area contributed by atoms with E-state index in [0.717, 1.165) is 12.6 Å². The van der Waals surface area contributed by atoms with Crippen molar-refractivity contribution in [2.75, 3.05) is 26.7 Å². The first-order valence-electron chi connectivity index (χ1n) is 7.23. The molecule has 1 N–H and O–H groups in total. The van der Waals surface area contributed by atoms with Crippen molar-refractivity contribution in [2.24, 2.45) is 0 Å². The molecule has 0 aliphatic carbocycles. The number of hydrogen-bond acceptors (Lipinski definition) is 2. The zero-order valence-electron chi connectivity index (χ0n) is 11.7. The van der Waals surface area contributed by atoms with Crippen molar-refractivity contribution in [3.8, 4) is 0 Å². The van der Waals surface area contributed by atoms with Crippen LogP contribution in [0.15, 0.2) is 30.3 Å². The molecule has 0 bridgehead atoms. The van der Waals surface area contributed by atoms with E-state index >= 15 is 0 Å². The molecule has 0 aromatic heterocycles. The molecular weight excluding hydrogens is 220 g/mol. The maximum absolute atomic E-state index is 3.49. The predicted molar refractivity (Wildman–Crippen MR) is 78.0 cm³/mol. The van der Waals surface area contributed by atoms with Crippen LogP contribution in [0.3, 0.4) is 0 Å². The van der Waals surface area contributed by atoms with Gasteiger partial charge in [0.2, 0.25) is 0 Å². The van der Waals surface area contributed by atoms with Gasteiger partial charge in [-0.05, 0) is 50.9 Å². The van der Waals surface area contributed by atoms with Gasteiger partial charge in [0.1, 0.15) is 0 Å². The summed E-state index contributed by atoms with van der Waals surface area (Å²) < 4.78 is 0. The molecule has 2 unspecified atom stereocenters. The van der Waals surface area contributed by atoms with Crippen LogP contribution in [-0.4, -0.2) is 37.6 Å². The smallest absolute Gasteiger partial charge is 0.0105 e. The Morgan fingerprint density at radius 3 is 2.78 bits per heavy atom. The summed E-state index contributed by atoms with van der Waals surface area (Å²) in [7, 11) is 2.29. The van der Waals surface area contributed by atoms with E-state index in [1.54, 1.807) is 0 Å². The molecule has 1 aliphatic rings. The lowest BCUT2D eigenvalue weighted by molar-refractivity contribution is 0.215. The van der Waals surface area contributed by atoms with E-state index in [0.29, 0.717) is 5.92 Å². The van der Waals surface area contributed by atoms with E-state index in [-0.39, 0.29) is 0 Å². The van der Waals surface area contributed by atoms with Crippen molar-refractivity contribution in [3.63, 3.8) is 0 Å². The van der Waals surface area contributed by atoms with Gasteiger partial charge in [0.15, 0.2) is 0 Å². The third-order valence-electron chi connectivity index (χ3n) is 4.10. The highest BCUT2D eigenvalue weighted by Crippen LogP contribution is 2.19. The monoisotopic (exact) mass is 246 g/mol. The minimum atomic E-state index is 0.618. The molecule has 0 amide bonds. The lowest BCUT2D eigenvalue weighted by Gasteiger charge is -2.29. The van der Waals surface area contributed by atoms with Crippen molar-refractivity contribution in [1.82, 2.24) is 10.2 Å². The van der Waals surface area contributed by atoms with E-state index in [1.165, 1.54) is 37.9 Å². The Labute approximate surface area is 111 Å². The highest BCUT2D eigenvalue weighted by atomic mass is 15.1. The van der Waals surface area contributed by atoms with Crippen molar-refractivity contribution in [2.45, 2.75) is 38.1 Å². The Kier molecular flexibility index (Phi) is 5.21. The van der Waals surface area contributed by atoms with E-state index in [2.05, 4.69) is 54.5 Å². The Hall–Kier alpha value is -0.860. The molecule has 0 spiro atoms. The van der Waals surface area contributed by atoms with E-state index in [9.17, 15) is 0 Å². The fourth-order valence-corrected chi connectivity index (χ4v) is 2.91. The molecule has 1 saturated heterocycles. The Morgan fingerprint density at radius 2 is 2.00 bits per heavy atom. The van der Waals surface area contributed by atoms with Crippen molar-refractivity contribution >= 4 is 0 Å². The van der Waals surface area contributed by atoms with E-state index in [1.807, 2.05) is 0 Å². The zero-order valence-corrected chi connectivity index (χ0v) is 11.7. The zero-order chi connectivity index (χ0) is 12.8. The lowest BCUT2D eigenvalue weighted by Crippen LogP contribution is -2.35. The Bertz CT molecular complexity index is 328. The van der Waals surface area contributed by atoms with Crippen LogP contribution in [0.5, 0.6) is 0 Å². The van der Waals surface area contributed by atoms with Crippen LogP contribution < -0.4 is 5.32 Å². The van der Waals surface area contributed by atoms with E-state index < -0.39 is 0 Å². The first kappa shape index (κ1) is 13.6. The van der Waals surface area contributed by atoms with Crippen LogP contribution in [0.1, 0.15) is 37.7 Å². The largest absolute Gasteiger partial charge is 0.317 e. The molecule has 1 heterocycles. The molecular formula is C16H26N2. The van der Waals surface area contributed by atoms with Gasteiger partial charge >= 0.3 is 0 Å². The summed E-state index contributed by atoms with van der Waals surface area (Å²) in [6.45, 7) is 5.86. The summed E-state index contributed by atoms with van der Waals surface area (Å²) >= 11 is 0. The van der Waals surface area contributed by atoms with Gasteiger partial charge in [0.05, 0.1) is 0 Å². The number of nitrogens with zero attached hydrogens (tertiary/aromatic N) is 1. The van der Waals surface area contributed by atoms with Crippen LogP contribution in [0.4, 0.5) is 0 Å². The van der Waals surface area contributed by atoms with Gasteiger partial charge in [-0.25, -0.2) is 0 Å². The first-order chi connectivity index (χ1) is 8.77. The van der Waals surface area contributed by atoms with Crippen molar-refractivity contribution in [3.05, 3.63) is 35.9 Å². The summed E-state index contributed by atoms with van der Waals surface area (Å²) in [4.78, 5) is 2.56. The summed E-state index contributed by atoms with van der Waals surface area (Å²) in [6.07, 6.45) is 3.94. The van der Waals surface area contributed by atoms with Crippen LogP contribution >= 0.6 is 0 Å². The normalized spacial score (nSPS) is 22.7. The highest BCUT2D eigenvalue weighted by molar-refractivity contribution is 5.19. The lowest BCUT2D eigenvalue weighted by atomic mass is 9.99. The topological polar surface area (TPSA) is 15.3 Å². The molecule has 1 aromatic carbocycles.